The smallest absolute Gasteiger partial charge is 0.164 e. The maximum Gasteiger partial charge on any atom is 0.164 e. The predicted molar refractivity (Wildman–Crippen MR) is 141 cm³/mol. The van der Waals surface area contributed by atoms with Crippen molar-refractivity contribution < 1.29 is 9.47 Å². The van der Waals surface area contributed by atoms with Gasteiger partial charge in [-0.25, -0.2) is 0 Å². The Labute approximate surface area is 199 Å². The molecule has 3 aromatic carbocycles. The number of benzene rings is 3. The molecule has 3 heteroatoms. The summed E-state index contributed by atoms with van der Waals surface area (Å²) in [6.45, 7) is 8.29. The molecule has 0 aromatic heterocycles. The Bertz CT molecular complexity index is 959. The van der Waals surface area contributed by atoms with Crippen LogP contribution in [0.3, 0.4) is 0 Å². The molecule has 32 heavy (non-hydrogen) atoms. The zero-order valence-electron chi connectivity index (χ0n) is 20.7. The van der Waals surface area contributed by atoms with Gasteiger partial charge in [0.05, 0.1) is 14.2 Å². The molecule has 0 spiro atoms. The van der Waals surface area contributed by atoms with Gasteiger partial charge in [-0.3, -0.25) is 0 Å². The molecule has 172 valence electrons. The Hall–Kier alpha value is -2.39. The van der Waals surface area contributed by atoms with E-state index in [1.807, 2.05) is 13.8 Å². The van der Waals surface area contributed by atoms with Gasteiger partial charge in [0.15, 0.2) is 11.5 Å². The Morgan fingerprint density at radius 3 is 2.09 bits per heavy atom. The van der Waals surface area contributed by atoms with Gasteiger partial charge in [0.1, 0.15) is 0 Å². The maximum atomic E-state index is 5.58. The molecular formula is C29H38O2S. The minimum atomic E-state index is 0.628. The average Bonchev–Trinajstić information content (AvgIpc) is 3.71. The van der Waals surface area contributed by atoms with Crippen LogP contribution in [0.4, 0.5) is 0 Å². The molecule has 1 aliphatic rings. The second-order valence-corrected chi connectivity index (χ2v) is 8.53. The normalized spacial score (nSPS) is 12.1. The SMILES string of the molecule is CC.CCc1cccc(-c2cc(OC)c(OC)c(C3CC3)c2)c1.CSc1ccc(C)cc1. The van der Waals surface area contributed by atoms with E-state index in [1.54, 1.807) is 26.0 Å². The van der Waals surface area contributed by atoms with Gasteiger partial charge in [-0.15, -0.1) is 11.8 Å². The number of thioether (sulfide) groups is 1. The fourth-order valence-corrected chi connectivity index (χ4v) is 3.91. The van der Waals surface area contributed by atoms with Crippen LogP contribution < -0.4 is 9.47 Å². The highest BCUT2D eigenvalue weighted by molar-refractivity contribution is 7.98. The van der Waals surface area contributed by atoms with Crippen LogP contribution in [0.15, 0.2) is 65.6 Å². The lowest BCUT2D eigenvalue weighted by Gasteiger charge is -2.15. The fraction of sp³-hybridized carbons (Fsp3) is 0.379. The molecule has 0 N–H and O–H groups in total. The van der Waals surface area contributed by atoms with Crippen LogP contribution in [0.2, 0.25) is 0 Å². The third kappa shape index (κ3) is 7.06. The van der Waals surface area contributed by atoms with Crippen molar-refractivity contribution in [2.24, 2.45) is 0 Å². The predicted octanol–water partition coefficient (Wildman–Crippen LogP) is 8.55. The molecule has 3 aromatic rings. The van der Waals surface area contributed by atoms with Crippen LogP contribution in [0, 0.1) is 6.92 Å². The molecule has 0 bridgehead atoms. The summed E-state index contributed by atoms with van der Waals surface area (Å²) >= 11 is 1.78. The fourth-order valence-electron chi connectivity index (χ4n) is 3.50. The van der Waals surface area contributed by atoms with E-state index in [9.17, 15) is 0 Å². The zero-order valence-corrected chi connectivity index (χ0v) is 21.5. The number of ether oxygens (including phenoxy) is 2. The Morgan fingerprint density at radius 2 is 1.56 bits per heavy atom. The first kappa shape index (κ1) is 25.9. The summed E-state index contributed by atoms with van der Waals surface area (Å²) in [6.07, 6.45) is 5.64. The van der Waals surface area contributed by atoms with Gasteiger partial charge < -0.3 is 9.47 Å². The number of aryl methyl sites for hydroxylation is 2. The van der Waals surface area contributed by atoms with Crippen molar-refractivity contribution in [1.29, 1.82) is 0 Å². The highest BCUT2D eigenvalue weighted by Gasteiger charge is 2.29. The summed E-state index contributed by atoms with van der Waals surface area (Å²) in [5, 5.41) is 0. The molecule has 0 aliphatic heterocycles. The highest BCUT2D eigenvalue weighted by Crippen LogP contribution is 2.49. The second-order valence-electron chi connectivity index (χ2n) is 7.65. The van der Waals surface area contributed by atoms with Crippen LogP contribution >= 0.6 is 11.8 Å². The van der Waals surface area contributed by atoms with Crippen molar-refractivity contribution in [3.05, 3.63) is 77.4 Å². The summed E-state index contributed by atoms with van der Waals surface area (Å²) in [4.78, 5) is 1.33. The minimum absolute atomic E-state index is 0.628. The average molecular weight is 451 g/mol. The number of hydrogen-bond acceptors (Lipinski definition) is 3. The molecule has 1 fully saturated rings. The van der Waals surface area contributed by atoms with Gasteiger partial charge in [-0.05, 0) is 79.3 Å². The first-order valence-electron chi connectivity index (χ1n) is 11.6. The van der Waals surface area contributed by atoms with E-state index in [2.05, 4.69) is 80.8 Å². The van der Waals surface area contributed by atoms with E-state index in [1.165, 1.54) is 45.6 Å². The van der Waals surface area contributed by atoms with Crippen LogP contribution in [0.25, 0.3) is 11.1 Å². The van der Waals surface area contributed by atoms with Gasteiger partial charge in [-0.2, -0.15) is 0 Å². The number of rotatable bonds is 6. The largest absolute Gasteiger partial charge is 0.493 e. The van der Waals surface area contributed by atoms with Crippen molar-refractivity contribution in [2.45, 2.75) is 57.8 Å². The van der Waals surface area contributed by atoms with E-state index in [0.29, 0.717) is 5.92 Å². The molecule has 0 heterocycles. The lowest BCUT2D eigenvalue weighted by atomic mass is 9.97. The van der Waals surface area contributed by atoms with Gasteiger partial charge in [-0.1, -0.05) is 62.7 Å². The lowest BCUT2D eigenvalue weighted by molar-refractivity contribution is 0.352. The van der Waals surface area contributed by atoms with Crippen molar-refractivity contribution in [3.8, 4) is 22.6 Å². The van der Waals surface area contributed by atoms with Crippen LogP contribution in [0.5, 0.6) is 11.5 Å². The van der Waals surface area contributed by atoms with Crippen molar-refractivity contribution in [1.82, 2.24) is 0 Å². The van der Waals surface area contributed by atoms with Crippen LogP contribution in [-0.2, 0) is 6.42 Å². The summed E-state index contributed by atoms with van der Waals surface area (Å²) < 4.78 is 11.1. The van der Waals surface area contributed by atoms with Gasteiger partial charge in [0, 0.05) is 10.5 Å². The van der Waals surface area contributed by atoms with Crippen LogP contribution in [-0.4, -0.2) is 20.5 Å². The quantitative estimate of drug-likeness (QED) is 0.350. The van der Waals surface area contributed by atoms with Crippen molar-refractivity contribution >= 4 is 11.8 Å². The Kier molecular flexibility index (Phi) is 10.7. The summed E-state index contributed by atoms with van der Waals surface area (Å²) in [7, 11) is 3.43. The van der Waals surface area contributed by atoms with Gasteiger partial charge in [0.2, 0.25) is 0 Å². The van der Waals surface area contributed by atoms with E-state index in [-0.39, 0.29) is 0 Å². The highest BCUT2D eigenvalue weighted by atomic mass is 32.2. The van der Waals surface area contributed by atoms with Gasteiger partial charge >= 0.3 is 0 Å². The molecule has 1 saturated carbocycles. The molecule has 0 radical (unpaired) electrons. The Morgan fingerprint density at radius 1 is 0.875 bits per heavy atom. The number of hydrogen-bond donors (Lipinski definition) is 0. The maximum absolute atomic E-state index is 5.58. The first-order valence-corrected chi connectivity index (χ1v) is 12.8. The first-order chi connectivity index (χ1) is 15.6. The van der Waals surface area contributed by atoms with E-state index < -0.39 is 0 Å². The molecule has 0 saturated heterocycles. The molecule has 0 unspecified atom stereocenters. The molecule has 4 rings (SSSR count). The standard InChI is InChI=1S/C19H22O2.C8H10S.C2H6/c1-4-13-6-5-7-15(10-13)16-11-17(14-8-9-14)19(21-3)18(12-16)20-2;1-7-3-5-8(9-2)6-4-7;1-2/h5-7,10-12,14H,4,8-9H2,1-3H3;3-6H,1-2H3;1-2H3. The van der Waals surface area contributed by atoms with E-state index in [4.69, 9.17) is 9.47 Å². The zero-order chi connectivity index (χ0) is 23.5. The minimum Gasteiger partial charge on any atom is -0.493 e. The lowest BCUT2D eigenvalue weighted by Crippen LogP contribution is -1.96. The summed E-state index contributed by atoms with van der Waals surface area (Å²) in [5.74, 6) is 2.36. The third-order valence-corrected chi connectivity index (χ3v) is 6.19. The molecule has 2 nitrogen and oxygen atoms in total. The van der Waals surface area contributed by atoms with E-state index in [0.717, 1.165) is 17.9 Å². The monoisotopic (exact) mass is 450 g/mol. The number of methoxy groups -OCH3 is 2. The molecule has 1 aliphatic carbocycles. The van der Waals surface area contributed by atoms with Crippen LogP contribution in [0.1, 0.15) is 56.2 Å². The third-order valence-electron chi connectivity index (χ3n) is 5.45. The van der Waals surface area contributed by atoms with Gasteiger partial charge in [0.25, 0.3) is 0 Å². The second kappa shape index (κ2) is 13.2. The molecule has 0 amide bonds. The van der Waals surface area contributed by atoms with E-state index >= 15 is 0 Å². The topological polar surface area (TPSA) is 18.5 Å². The molecule has 0 atom stereocenters. The van der Waals surface area contributed by atoms with Crippen molar-refractivity contribution in [2.75, 3.05) is 20.5 Å². The summed E-state index contributed by atoms with van der Waals surface area (Å²) in [5.41, 5.74) is 6.43. The molecular weight excluding hydrogens is 412 g/mol. The van der Waals surface area contributed by atoms with Crippen molar-refractivity contribution in [3.63, 3.8) is 0 Å². The summed E-state index contributed by atoms with van der Waals surface area (Å²) in [6, 6.07) is 21.6. The Balaban J connectivity index is 0.000000277.